The van der Waals surface area contributed by atoms with Crippen molar-refractivity contribution in [3.63, 3.8) is 0 Å². The van der Waals surface area contributed by atoms with E-state index in [2.05, 4.69) is 49.0 Å². The van der Waals surface area contributed by atoms with E-state index >= 15 is 4.79 Å². The Bertz CT molecular complexity index is 3920. The first kappa shape index (κ1) is 66.4. The molecule has 7 aliphatic heterocycles. The van der Waals surface area contributed by atoms with Gasteiger partial charge < -0.3 is 67.6 Å². The lowest BCUT2D eigenvalue weighted by Crippen LogP contribution is -2.81. The summed E-state index contributed by atoms with van der Waals surface area (Å²) in [6.45, 7) is 14.4. The Balaban J connectivity index is 0.000000194. The lowest BCUT2D eigenvalue weighted by Gasteiger charge is -2.63. The highest BCUT2D eigenvalue weighted by molar-refractivity contribution is 6.35. The number of esters is 3. The summed E-state index contributed by atoms with van der Waals surface area (Å²) in [5, 5.41) is 27.4. The number of piperazine rings is 1. The molecule has 1 amide bonds. The Kier molecular flexibility index (Phi) is 17.9. The van der Waals surface area contributed by atoms with Gasteiger partial charge in [0.05, 0.1) is 57.5 Å². The number of aliphatic hydroxyl groups is 2. The van der Waals surface area contributed by atoms with Crippen molar-refractivity contribution in [1.82, 2.24) is 29.2 Å². The van der Waals surface area contributed by atoms with Gasteiger partial charge in [0.25, 0.3) is 0 Å². The lowest BCUT2D eigenvalue weighted by molar-refractivity contribution is -0.228. The Hall–Kier alpha value is -7.21. The van der Waals surface area contributed by atoms with Crippen LogP contribution in [0.2, 0.25) is 10.0 Å². The van der Waals surface area contributed by atoms with E-state index in [0.29, 0.717) is 118 Å². The zero-order chi connectivity index (χ0) is 67.0. The predicted molar refractivity (Wildman–Crippen MR) is 358 cm³/mol. The van der Waals surface area contributed by atoms with Gasteiger partial charge in [-0.1, -0.05) is 73.5 Å². The highest BCUT2D eigenvalue weighted by atomic mass is 35.5. The third-order valence-electron chi connectivity index (χ3n) is 22.1. The third-order valence-corrected chi connectivity index (χ3v) is 22.7. The number of fused-ring (bicyclic) bond motifs is 6. The second-order valence-electron chi connectivity index (χ2n) is 27.2. The van der Waals surface area contributed by atoms with E-state index in [-0.39, 0.29) is 24.0 Å². The van der Waals surface area contributed by atoms with Crippen LogP contribution in [-0.2, 0) is 72.4 Å². The molecule has 9 heterocycles. The number of carbonyl (C=O) groups is 4. The van der Waals surface area contributed by atoms with E-state index < -0.39 is 63.3 Å². The summed E-state index contributed by atoms with van der Waals surface area (Å²) in [5.74, 6) is -1.76. The van der Waals surface area contributed by atoms with Crippen LogP contribution in [0, 0.1) is 11.3 Å². The molecular formula is C72H86Cl2N8O13. The molecule has 1 spiro atoms. The van der Waals surface area contributed by atoms with Crippen LogP contribution in [-0.4, -0.2) is 199 Å². The van der Waals surface area contributed by atoms with E-state index in [9.17, 15) is 24.6 Å². The number of benzene rings is 4. The molecular weight excluding hydrogens is 1260 g/mol. The number of rotatable bonds is 14. The molecule has 6 aromatic rings. The van der Waals surface area contributed by atoms with Crippen LogP contribution in [0.5, 0.6) is 11.5 Å². The molecule has 14 rings (SSSR count). The molecule has 4 saturated heterocycles. The molecule has 5 fully saturated rings. The number of anilines is 2. The van der Waals surface area contributed by atoms with Crippen LogP contribution in [0.15, 0.2) is 110 Å². The Morgan fingerprint density at radius 3 is 2.29 bits per heavy atom. The highest BCUT2D eigenvalue weighted by Crippen LogP contribution is 2.68. The number of aromatic amines is 1. The third kappa shape index (κ3) is 11.0. The maximum absolute atomic E-state index is 15.3. The SMILES string of the molecule is CC(=O)N1CCN(c2ccc(OC[C@H]3CO[C@](Cn4ccnc4)(c4ccc(Cl)cc4Cl)O3)cc2)CC1.CC[C@]1(O)C[C@@H]2CN(CCc3c([nH]c4ccccc34)[C@@](C(=O)OC)(c3cc4c(cc3OC)N(C)[C@H]3[C@@](O)(C(=O)OC)[C@H](OC(C)=O)[C@]5(CC)C=CCN6CC[C@]43[C@@H]65)C2)C1. The number of methoxy groups -OCH3 is 3. The van der Waals surface area contributed by atoms with Gasteiger partial charge in [-0.05, 0) is 111 Å². The van der Waals surface area contributed by atoms with Crippen LogP contribution in [0.25, 0.3) is 10.9 Å². The fourth-order valence-corrected chi connectivity index (χ4v) is 18.7. The number of nitrogens with zero attached hydrogens (tertiary/aromatic N) is 7. The maximum Gasteiger partial charge on any atom is 0.344 e. The van der Waals surface area contributed by atoms with E-state index in [1.807, 2.05) is 96.1 Å². The van der Waals surface area contributed by atoms with Crippen LogP contribution >= 0.6 is 23.2 Å². The number of piperidine rings is 1. The molecule has 95 heavy (non-hydrogen) atoms. The van der Waals surface area contributed by atoms with Crippen LogP contribution in [0.3, 0.4) is 0 Å². The van der Waals surface area contributed by atoms with Gasteiger partial charge in [0.1, 0.15) is 29.6 Å². The molecule has 4 aromatic carbocycles. The largest absolute Gasteiger partial charge is 0.496 e. The Morgan fingerprint density at radius 2 is 1.61 bits per heavy atom. The number of amides is 1. The fourth-order valence-electron chi connectivity index (χ4n) is 18.1. The summed E-state index contributed by atoms with van der Waals surface area (Å²) in [5.41, 5.74) is 0.196. The summed E-state index contributed by atoms with van der Waals surface area (Å²) < 4.78 is 44.5. The minimum absolute atomic E-state index is 0.0986. The number of carbonyl (C=O) groups excluding carboxylic acids is 4. The molecule has 2 aromatic heterocycles. The summed E-state index contributed by atoms with van der Waals surface area (Å²) >= 11 is 12.7. The molecule has 1 unspecified atom stereocenters. The summed E-state index contributed by atoms with van der Waals surface area (Å²) in [4.78, 5) is 73.0. The smallest absolute Gasteiger partial charge is 0.344 e. The monoisotopic (exact) mass is 1340 g/mol. The van der Waals surface area contributed by atoms with Gasteiger partial charge in [0.2, 0.25) is 17.3 Å². The van der Waals surface area contributed by atoms with Gasteiger partial charge in [-0.15, -0.1) is 0 Å². The topological polar surface area (TPSA) is 223 Å². The second kappa shape index (κ2) is 25.7. The van der Waals surface area contributed by atoms with Gasteiger partial charge in [-0.3, -0.25) is 24.2 Å². The molecule has 1 aliphatic carbocycles. The standard InChI is InChI=1S/C46H58N4O9.C26H28Cl2N4O4/c1-8-42(54)23-28-24-45(40(52)57-6,36-30(15-19-49(25-28)26-42)29-13-10-11-14-33(29)47-36)32-21-31-34(22-35(32)56-5)48(4)38-44(31)17-20-50-18-12-16-43(9-2,37(44)50)39(59-27(3)51)46(38,55)41(53)58-7;1-19(33)31-10-12-32(13-11-31)21-3-5-22(6-4-21)34-15-23-16-35-26(36-23,17-30-9-8-29-18-30)24-7-2-20(27)14-25(24)28/h10-14,16,21-22,28,37-39,47,54-55H,8-9,15,17-20,23-26H2,1-7H3;2-9,14,18,23H,10-13,15-17H2,1H3/t28-,37-,38+,39+,42-,43+,44+,45-,46-;23-,26-/m00/s1. The fraction of sp³-hybridized carbons (Fsp3) is 0.514. The van der Waals surface area contributed by atoms with Crippen molar-refractivity contribution in [2.75, 3.05) is 110 Å². The van der Waals surface area contributed by atoms with Crippen molar-refractivity contribution in [3.8, 4) is 11.5 Å². The number of aromatic nitrogens is 3. The second-order valence-corrected chi connectivity index (χ2v) is 28.0. The van der Waals surface area contributed by atoms with Gasteiger partial charge in [0.15, 0.2) is 6.10 Å². The van der Waals surface area contributed by atoms with Gasteiger partial charge in [-0.25, -0.2) is 9.78 Å². The zero-order valence-electron chi connectivity index (χ0n) is 55.3. The average molecular weight is 1340 g/mol. The number of para-hydroxylation sites is 1. The number of H-pyrrole nitrogens is 1. The Morgan fingerprint density at radius 1 is 0.842 bits per heavy atom. The van der Waals surface area contributed by atoms with Gasteiger partial charge >= 0.3 is 17.9 Å². The minimum atomic E-state index is -2.30. The van der Waals surface area contributed by atoms with Crippen LogP contribution in [0.4, 0.5) is 11.4 Å². The van der Waals surface area contributed by atoms with E-state index in [4.69, 9.17) is 56.4 Å². The lowest BCUT2D eigenvalue weighted by atomic mass is 9.47. The highest BCUT2D eigenvalue weighted by Gasteiger charge is 2.80. The normalized spacial score (nSPS) is 31.3. The average Bonchev–Trinajstić information content (AvgIpc) is 1.51. The zero-order valence-corrected chi connectivity index (χ0v) is 56.8. The van der Waals surface area contributed by atoms with Crippen LogP contribution in [0.1, 0.15) is 87.7 Å². The molecule has 506 valence electrons. The van der Waals surface area contributed by atoms with Crippen molar-refractivity contribution >= 4 is 69.3 Å². The molecule has 0 radical (unpaired) electrons. The quantitative estimate of drug-likeness (QED) is 0.0531. The van der Waals surface area contributed by atoms with Crippen molar-refractivity contribution in [1.29, 1.82) is 0 Å². The molecule has 21 nitrogen and oxygen atoms in total. The van der Waals surface area contributed by atoms with Crippen molar-refractivity contribution in [2.24, 2.45) is 11.3 Å². The first-order chi connectivity index (χ1) is 45.6. The molecule has 3 N–H and O–H groups in total. The molecule has 1 saturated carbocycles. The van der Waals surface area contributed by atoms with Crippen LogP contribution < -0.4 is 19.3 Å². The van der Waals surface area contributed by atoms with Crippen molar-refractivity contribution in [2.45, 2.75) is 125 Å². The molecule has 23 heteroatoms. The number of halogens is 2. The number of ether oxygens (including phenoxy) is 7. The number of imidazole rings is 1. The van der Waals surface area contributed by atoms with E-state index in [1.54, 1.807) is 38.7 Å². The number of likely N-dealkylation sites (N-methyl/N-ethyl adjacent to an activating group) is 1. The first-order valence-corrected chi connectivity index (χ1v) is 33.9. The van der Waals surface area contributed by atoms with Gasteiger partial charge in [0, 0.05) is 153 Å². The number of hydrogen-bond donors (Lipinski definition) is 3. The minimum Gasteiger partial charge on any atom is -0.496 e. The van der Waals surface area contributed by atoms with Crippen molar-refractivity contribution in [3.05, 3.63) is 148 Å². The Labute approximate surface area is 564 Å². The first-order valence-electron chi connectivity index (χ1n) is 33.1. The molecule has 12 atom stereocenters. The number of nitrogens with one attached hydrogen (secondary N) is 1. The summed E-state index contributed by atoms with van der Waals surface area (Å²) in [7, 11) is 6.15. The maximum atomic E-state index is 15.3. The van der Waals surface area contributed by atoms with Crippen molar-refractivity contribution < 1.29 is 62.5 Å². The van der Waals surface area contributed by atoms with E-state index in [1.165, 1.54) is 21.1 Å². The number of hydrogen-bond acceptors (Lipinski definition) is 18. The van der Waals surface area contributed by atoms with E-state index in [0.717, 1.165) is 71.0 Å². The molecule has 2 bridgehead atoms. The molecule has 8 aliphatic rings. The van der Waals surface area contributed by atoms with Gasteiger partial charge in [-0.2, -0.15) is 0 Å². The summed E-state index contributed by atoms with van der Waals surface area (Å²) in [6, 6.07) is 24.2. The predicted octanol–water partition coefficient (Wildman–Crippen LogP) is 8.20. The summed E-state index contributed by atoms with van der Waals surface area (Å²) in [6.07, 6.45) is 10.9.